The predicted molar refractivity (Wildman–Crippen MR) is 55.3 cm³/mol. The van der Waals surface area contributed by atoms with Gasteiger partial charge in [0.05, 0.1) is 0 Å². The summed E-state index contributed by atoms with van der Waals surface area (Å²) >= 11 is 0. The van der Waals surface area contributed by atoms with E-state index in [-0.39, 0.29) is 0 Å². The standard InChI is InChI=1S/2C6H12/c2*1-6-4-2-3-5-6/h2*6H,2-5H2,1H3. The van der Waals surface area contributed by atoms with Crippen molar-refractivity contribution in [3.05, 3.63) is 0 Å². The third kappa shape index (κ3) is 4.13. The summed E-state index contributed by atoms with van der Waals surface area (Å²) in [6, 6.07) is 0. The average molecular weight is 168 g/mol. The Bertz CT molecular complexity index is 80.6. The number of rotatable bonds is 0. The minimum Gasteiger partial charge on any atom is -0.0625 e. The van der Waals surface area contributed by atoms with Crippen LogP contribution in [0.3, 0.4) is 0 Å². The lowest BCUT2D eigenvalue weighted by Crippen LogP contribution is -1.78. The zero-order valence-electron chi connectivity index (χ0n) is 8.81. The molecule has 12 heavy (non-hydrogen) atoms. The second-order valence-corrected chi connectivity index (χ2v) is 4.78. The van der Waals surface area contributed by atoms with Gasteiger partial charge < -0.3 is 0 Å². The van der Waals surface area contributed by atoms with E-state index in [9.17, 15) is 0 Å². The molecule has 2 rings (SSSR count). The molecule has 2 fully saturated rings. The van der Waals surface area contributed by atoms with E-state index < -0.39 is 0 Å². The Kier molecular flexibility index (Phi) is 4.72. The van der Waals surface area contributed by atoms with Gasteiger partial charge in [-0.05, 0) is 11.8 Å². The summed E-state index contributed by atoms with van der Waals surface area (Å²) in [5.74, 6) is 2.09. The van der Waals surface area contributed by atoms with Gasteiger partial charge in [0.15, 0.2) is 0 Å². The zero-order chi connectivity index (χ0) is 8.81. The SMILES string of the molecule is CC1CCCC1.CC1CCCC1. The second-order valence-electron chi connectivity index (χ2n) is 4.78. The summed E-state index contributed by atoms with van der Waals surface area (Å²) in [7, 11) is 0. The lowest BCUT2D eigenvalue weighted by Gasteiger charge is -1.91. The van der Waals surface area contributed by atoms with E-state index in [0.29, 0.717) is 0 Å². The molecule has 72 valence electrons. The summed E-state index contributed by atoms with van der Waals surface area (Å²) in [5.41, 5.74) is 0. The lowest BCUT2D eigenvalue weighted by atomic mass is 10.2. The molecule has 2 aliphatic carbocycles. The van der Waals surface area contributed by atoms with Gasteiger partial charge in [0, 0.05) is 0 Å². The van der Waals surface area contributed by atoms with Crippen LogP contribution in [0.5, 0.6) is 0 Å². The molecule has 0 amide bonds. The Labute approximate surface area is 77.7 Å². The van der Waals surface area contributed by atoms with Gasteiger partial charge in [0.25, 0.3) is 0 Å². The summed E-state index contributed by atoms with van der Waals surface area (Å²) in [6.07, 6.45) is 11.9. The van der Waals surface area contributed by atoms with Crippen molar-refractivity contribution in [2.45, 2.75) is 65.2 Å². The van der Waals surface area contributed by atoms with Crippen LogP contribution in [0.1, 0.15) is 65.2 Å². The van der Waals surface area contributed by atoms with Crippen LogP contribution in [-0.2, 0) is 0 Å². The van der Waals surface area contributed by atoms with Crippen molar-refractivity contribution in [3.8, 4) is 0 Å². The fourth-order valence-electron chi connectivity index (χ4n) is 2.26. The fraction of sp³-hybridized carbons (Fsp3) is 1.00. The minimum absolute atomic E-state index is 1.05. The Hall–Kier alpha value is 0. The van der Waals surface area contributed by atoms with E-state index >= 15 is 0 Å². The highest BCUT2D eigenvalue weighted by atomic mass is 14.1. The molecule has 0 aliphatic heterocycles. The number of hydrogen-bond acceptors (Lipinski definition) is 0. The van der Waals surface area contributed by atoms with Crippen molar-refractivity contribution < 1.29 is 0 Å². The first-order chi connectivity index (χ1) is 5.79. The first-order valence-corrected chi connectivity index (χ1v) is 5.79. The molecule has 0 aromatic heterocycles. The molecule has 2 saturated carbocycles. The van der Waals surface area contributed by atoms with E-state index in [1.807, 2.05) is 0 Å². The van der Waals surface area contributed by atoms with E-state index in [1.54, 1.807) is 0 Å². The Morgan fingerprint density at radius 2 is 0.833 bits per heavy atom. The molecular formula is C12H24. The van der Waals surface area contributed by atoms with Crippen LogP contribution < -0.4 is 0 Å². The highest BCUT2D eigenvalue weighted by Crippen LogP contribution is 2.23. The third-order valence-electron chi connectivity index (χ3n) is 3.29. The predicted octanol–water partition coefficient (Wildman–Crippen LogP) is 4.39. The van der Waals surface area contributed by atoms with Crippen LogP contribution in [0.2, 0.25) is 0 Å². The third-order valence-corrected chi connectivity index (χ3v) is 3.29. The van der Waals surface area contributed by atoms with Crippen LogP contribution in [0, 0.1) is 11.8 Å². The van der Waals surface area contributed by atoms with Crippen LogP contribution in [0.4, 0.5) is 0 Å². The van der Waals surface area contributed by atoms with Gasteiger partial charge in [-0.2, -0.15) is 0 Å². The fourth-order valence-corrected chi connectivity index (χ4v) is 2.26. The van der Waals surface area contributed by atoms with Crippen molar-refractivity contribution in [2.24, 2.45) is 11.8 Å². The van der Waals surface area contributed by atoms with Crippen LogP contribution in [0.15, 0.2) is 0 Å². The highest BCUT2D eigenvalue weighted by Gasteiger charge is 2.07. The second kappa shape index (κ2) is 5.61. The number of hydrogen-bond donors (Lipinski definition) is 0. The van der Waals surface area contributed by atoms with Crippen molar-refractivity contribution in [1.82, 2.24) is 0 Å². The monoisotopic (exact) mass is 168 g/mol. The average Bonchev–Trinajstić information content (AvgIpc) is 2.63. The molecule has 0 heteroatoms. The van der Waals surface area contributed by atoms with Gasteiger partial charge in [0.1, 0.15) is 0 Å². The smallest absolute Gasteiger partial charge is 0.0443 e. The molecule has 0 aromatic carbocycles. The van der Waals surface area contributed by atoms with E-state index in [4.69, 9.17) is 0 Å². The Balaban J connectivity index is 0.000000120. The molecule has 0 unspecified atom stereocenters. The maximum atomic E-state index is 2.34. The maximum Gasteiger partial charge on any atom is -0.0443 e. The largest absolute Gasteiger partial charge is 0.0625 e. The minimum atomic E-state index is 1.05. The van der Waals surface area contributed by atoms with Crippen molar-refractivity contribution in [1.29, 1.82) is 0 Å². The quantitative estimate of drug-likeness (QED) is 0.503. The summed E-state index contributed by atoms with van der Waals surface area (Å²) in [6.45, 7) is 4.68. The van der Waals surface area contributed by atoms with Crippen molar-refractivity contribution >= 4 is 0 Å². The molecule has 0 N–H and O–H groups in total. The van der Waals surface area contributed by atoms with Gasteiger partial charge in [-0.15, -0.1) is 0 Å². The Morgan fingerprint density at radius 3 is 0.917 bits per heavy atom. The maximum absolute atomic E-state index is 2.34. The van der Waals surface area contributed by atoms with Gasteiger partial charge >= 0.3 is 0 Å². The van der Waals surface area contributed by atoms with Gasteiger partial charge in [0.2, 0.25) is 0 Å². The van der Waals surface area contributed by atoms with Gasteiger partial charge in [-0.25, -0.2) is 0 Å². The normalized spacial score (nSPS) is 25.5. The molecule has 0 heterocycles. The van der Waals surface area contributed by atoms with Crippen molar-refractivity contribution in [3.63, 3.8) is 0 Å². The van der Waals surface area contributed by atoms with Crippen molar-refractivity contribution in [2.75, 3.05) is 0 Å². The molecule has 0 saturated heterocycles. The lowest BCUT2D eigenvalue weighted by molar-refractivity contribution is 0.612. The molecule has 0 aromatic rings. The van der Waals surface area contributed by atoms with Crippen LogP contribution in [-0.4, -0.2) is 0 Å². The van der Waals surface area contributed by atoms with E-state index in [2.05, 4.69) is 13.8 Å². The van der Waals surface area contributed by atoms with E-state index in [1.165, 1.54) is 51.4 Å². The molecule has 0 bridgehead atoms. The topological polar surface area (TPSA) is 0 Å². The van der Waals surface area contributed by atoms with Gasteiger partial charge in [-0.1, -0.05) is 65.2 Å². The first-order valence-electron chi connectivity index (χ1n) is 5.79. The highest BCUT2D eigenvalue weighted by molar-refractivity contribution is 4.61. The van der Waals surface area contributed by atoms with E-state index in [0.717, 1.165) is 11.8 Å². The summed E-state index contributed by atoms with van der Waals surface area (Å²) < 4.78 is 0. The Morgan fingerprint density at radius 1 is 0.583 bits per heavy atom. The molecule has 0 atom stereocenters. The van der Waals surface area contributed by atoms with Crippen LogP contribution >= 0.6 is 0 Å². The molecular weight excluding hydrogens is 144 g/mol. The summed E-state index contributed by atoms with van der Waals surface area (Å²) in [5, 5.41) is 0. The molecule has 0 spiro atoms. The van der Waals surface area contributed by atoms with Gasteiger partial charge in [-0.3, -0.25) is 0 Å². The van der Waals surface area contributed by atoms with Crippen LogP contribution in [0.25, 0.3) is 0 Å². The summed E-state index contributed by atoms with van der Waals surface area (Å²) in [4.78, 5) is 0. The molecule has 0 nitrogen and oxygen atoms in total. The first kappa shape index (κ1) is 10.1. The molecule has 2 aliphatic rings. The zero-order valence-corrected chi connectivity index (χ0v) is 8.81. The molecule has 0 radical (unpaired) electrons.